The molecule has 3 N–H and O–H groups in total. The summed E-state index contributed by atoms with van der Waals surface area (Å²) in [6.07, 6.45) is 3.14. The van der Waals surface area contributed by atoms with E-state index in [1.807, 2.05) is 0 Å². The van der Waals surface area contributed by atoms with E-state index >= 15 is 0 Å². The van der Waals surface area contributed by atoms with E-state index in [1.165, 1.54) is 0 Å². The first-order chi connectivity index (χ1) is 7.77. The summed E-state index contributed by atoms with van der Waals surface area (Å²) >= 11 is 0. The standard InChI is InChI=1S/C11H16N4O/c12-10-1-2-14-7-9(10)11(16)8-15-5-3-13-4-6-15/h1-2,7,13H,3-6,8H2,(H2,12,14). The van der Waals surface area contributed by atoms with Crippen molar-refractivity contribution in [3.05, 3.63) is 24.0 Å². The van der Waals surface area contributed by atoms with E-state index in [4.69, 9.17) is 5.73 Å². The van der Waals surface area contributed by atoms with E-state index in [0.29, 0.717) is 17.8 Å². The number of piperazine rings is 1. The van der Waals surface area contributed by atoms with Gasteiger partial charge in [-0.05, 0) is 6.07 Å². The van der Waals surface area contributed by atoms with Crippen molar-refractivity contribution in [1.82, 2.24) is 15.2 Å². The monoisotopic (exact) mass is 220 g/mol. The van der Waals surface area contributed by atoms with E-state index in [9.17, 15) is 4.79 Å². The minimum Gasteiger partial charge on any atom is -0.398 e. The second-order valence-corrected chi connectivity index (χ2v) is 3.91. The number of pyridine rings is 1. The summed E-state index contributed by atoms with van der Waals surface area (Å²) in [5, 5.41) is 3.25. The molecule has 0 unspecified atom stereocenters. The number of anilines is 1. The maximum absolute atomic E-state index is 12.0. The zero-order chi connectivity index (χ0) is 11.4. The number of Topliss-reactive ketones (excluding diaryl/α,β-unsaturated/α-hetero) is 1. The van der Waals surface area contributed by atoms with Crippen molar-refractivity contribution in [3.63, 3.8) is 0 Å². The second kappa shape index (κ2) is 5.05. The lowest BCUT2D eigenvalue weighted by molar-refractivity contribution is 0.0922. The van der Waals surface area contributed by atoms with E-state index in [1.54, 1.807) is 18.5 Å². The molecule has 1 aliphatic heterocycles. The molecule has 1 aliphatic rings. The molecule has 5 nitrogen and oxygen atoms in total. The third-order valence-corrected chi connectivity index (χ3v) is 2.73. The maximum Gasteiger partial charge on any atom is 0.180 e. The molecule has 1 aromatic rings. The maximum atomic E-state index is 12.0. The molecule has 5 heteroatoms. The number of carbonyl (C=O) groups is 1. The zero-order valence-corrected chi connectivity index (χ0v) is 9.15. The first-order valence-electron chi connectivity index (χ1n) is 5.43. The Morgan fingerprint density at radius 3 is 2.94 bits per heavy atom. The van der Waals surface area contributed by atoms with Crippen LogP contribution in [-0.2, 0) is 0 Å². The molecular weight excluding hydrogens is 204 g/mol. The summed E-state index contributed by atoms with van der Waals surface area (Å²) in [6.45, 7) is 4.13. The van der Waals surface area contributed by atoms with Gasteiger partial charge in [0.25, 0.3) is 0 Å². The van der Waals surface area contributed by atoms with Crippen molar-refractivity contribution in [2.45, 2.75) is 0 Å². The molecule has 1 saturated heterocycles. The molecular formula is C11H16N4O. The third-order valence-electron chi connectivity index (χ3n) is 2.73. The Bertz CT molecular complexity index is 374. The second-order valence-electron chi connectivity index (χ2n) is 3.91. The fourth-order valence-electron chi connectivity index (χ4n) is 1.80. The van der Waals surface area contributed by atoms with Crippen LogP contribution in [-0.4, -0.2) is 48.4 Å². The molecule has 0 bridgehead atoms. The largest absolute Gasteiger partial charge is 0.398 e. The number of nitrogens with two attached hydrogens (primary N) is 1. The van der Waals surface area contributed by atoms with E-state index in [-0.39, 0.29) is 5.78 Å². The van der Waals surface area contributed by atoms with E-state index < -0.39 is 0 Å². The van der Waals surface area contributed by atoms with Gasteiger partial charge in [0, 0.05) is 44.3 Å². The van der Waals surface area contributed by atoms with Gasteiger partial charge in [-0.15, -0.1) is 0 Å². The molecule has 0 aliphatic carbocycles. The summed E-state index contributed by atoms with van der Waals surface area (Å²) < 4.78 is 0. The van der Waals surface area contributed by atoms with Crippen LogP contribution in [0.1, 0.15) is 10.4 Å². The highest BCUT2D eigenvalue weighted by molar-refractivity contribution is 6.01. The van der Waals surface area contributed by atoms with Crippen LogP contribution < -0.4 is 11.1 Å². The fraction of sp³-hybridized carbons (Fsp3) is 0.455. The summed E-state index contributed by atoms with van der Waals surface area (Å²) in [5.74, 6) is 0.0486. The first kappa shape index (κ1) is 11.0. The average molecular weight is 220 g/mol. The van der Waals surface area contributed by atoms with Crippen molar-refractivity contribution in [2.24, 2.45) is 0 Å². The predicted molar refractivity (Wildman–Crippen MR) is 62.3 cm³/mol. The number of nitrogens with one attached hydrogen (secondary N) is 1. The molecule has 0 atom stereocenters. The number of ketones is 1. The molecule has 2 heterocycles. The highest BCUT2D eigenvalue weighted by Gasteiger charge is 2.16. The number of carbonyl (C=O) groups excluding carboxylic acids is 1. The molecule has 1 fully saturated rings. The summed E-state index contributed by atoms with van der Waals surface area (Å²) in [4.78, 5) is 18.0. The van der Waals surface area contributed by atoms with Gasteiger partial charge >= 0.3 is 0 Å². The minimum absolute atomic E-state index is 0.0486. The van der Waals surface area contributed by atoms with Crippen LogP contribution in [0.15, 0.2) is 18.5 Å². The Morgan fingerprint density at radius 2 is 2.25 bits per heavy atom. The van der Waals surface area contributed by atoms with Crippen molar-refractivity contribution in [1.29, 1.82) is 0 Å². The zero-order valence-electron chi connectivity index (χ0n) is 9.15. The topological polar surface area (TPSA) is 71.2 Å². The fourth-order valence-corrected chi connectivity index (χ4v) is 1.80. The van der Waals surface area contributed by atoms with E-state index in [2.05, 4.69) is 15.2 Å². The number of nitrogens with zero attached hydrogens (tertiary/aromatic N) is 2. The molecule has 1 aromatic heterocycles. The lowest BCUT2D eigenvalue weighted by Gasteiger charge is -2.26. The predicted octanol–water partition coefficient (Wildman–Crippen LogP) is -0.248. The average Bonchev–Trinajstić information content (AvgIpc) is 2.31. The van der Waals surface area contributed by atoms with Crippen molar-refractivity contribution < 1.29 is 4.79 Å². The van der Waals surface area contributed by atoms with Gasteiger partial charge in [-0.1, -0.05) is 0 Å². The van der Waals surface area contributed by atoms with Crippen molar-refractivity contribution in [2.75, 3.05) is 38.5 Å². The van der Waals surface area contributed by atoms with Crippen LogP contribution in [0.2, 0.25) is 0 Å². The van der Waals surface area contributed by atoms with Gasteiger partial charge in [-0.2, -0.15) is 0 Å². The lowest BCUT2D eigenvalue weighted by atomic mass is 10.1. The van der Waals surface area contributed by atoms with Crippen LogP contribution in [0.25, 0.3) is 0 Å². The van der Waals surface area contributed by atoms with Crippen LogP contribution in [0.3, 0.4) is 0 Å². The van der Waals surface area contributed by atoms with Crippen molar-refractivity contribution >= 4 is 11.5 Å². The molecule has 2 rings (SSSR count). The van der Waals surface area contributed by atoms with Gasteiger partial charge in [0.2, 0.25) is 0 Å². The Morgan fingerprint density at radius 1 is 1.50 bits per heavy atom. The Kier molecular flexibility index (Phi) is 3.48. The number of hydrogen-bond donors (Lipinski definition) is 2. The Balaban J connectivity index is 2.00. The minimum atomic E-state index is 0.0486. The van der Waals surface area contributed by atoms with Crippen LogP contribution >= 0.6 is 0 Å². The molecule has 0 amide bonds. The quantitative estimate of drug-likeness (QED) is 0.687. The number of rotatable bonds is 3. The highest BCUT2D eigenvalue weighted by atomic mass is 16.1. The van der Waals surface area contributed by atoms with Crippen LogP contribution in [0, 0.1) is 0 Å². The van der Waals surface area contributed by atoms with Crippen LogP contribution in [0.4, 0.5) is 5.69 Å². The van der Waals surface area contributed by atoms with Gasteiger partial charge in [-0.25, -0.2) is 0 Å². The summed E-state index contributed by atoms with van der Waals surface area (Å²) in [5.41, 5.74) is 6.77. The van der Waals surface area contributed by atoms with Gasteiger partial charge in [0.15, 0.2) is 5.78 Å². The molecule has 0 saturated carbocycles. The highest BCUT2D eigenvalue weighted by Crippen LogP contribution is 2.10. The smallest absolute Gasteiger partial charge is 0.180 e. The summed E-state index contributed by atoms with van der Waals surface area (Å²) in [7, 11) is 0. The number of hydrogen-bond acceptors (Lipinski definition) is 5. The summed E-state index contributed by atoms with van der Waals surface area (Å²) in [6, 6.07) is 1.66. The van der Waals surface area contributed by atoms with Crippen LogP contribution in [0.5, 0.6) is 0 Å². The Hall–Kier alpha value is -1.46. The molecule has 0 spiro atoms. The molecule has 0 aromatic carbocycles. The van der Waals surface area contributed by atoms with Crippen molar-refractivity contribution in [3.8, 4) is 0 Å². The van der Waals surface area contributed by atoms with Gasteiger partial charge in [0.1, 0.15) is 0 Å². The Labute approximate surface area is 94.6 Å². The SMILES string of the molecule is Nc1ccncc1C(=O)CN1CCNCC1. The molecule has 0 radical (unpaired) electrons. The first-order valence-corrected chi connectivity index (χ1v) is 5.43. The van der Waals surface area contributed by atoms with Gasteiger partial charge in [0.05, 0.1) is 12.1 Å². The number of aromatic nitrogens is 1. The third kappa shape index (κ3) is 2.56. The van der Waals surface area contributed by atoms with Gasteiger partial charge < -0.3 is 11.1 Å². The number of nitrogen functional groups attached to an aromatic ring is 1. The molecule has 16 heavy (non-hydrogen) atoms. The lowest BCUT2D eigenvalue weighted by Crippen LogP contribution is -2.45. The van der Waals surface area contributed by atoms with E-state index in [0.717, 1.165) is 26.2 Å². The normalized spacial score (nSPS) is 17.2. The molecule has 86 valence electrons. The van der Waals surface area contributed by atoms with Gasteiger partial charge in [-0.3, -0.25) is 14.7 Å².